The van der Waals surface area contributed by atoms with Gasteiger partial charge in [0, 0.05) is 17.6 Å². The Morgan fingerprint density at radius 1 is 1.07 bits per heavy atom. The number of rotatable bonds is 9. The van der Waals surface area contributed by atoms with Gasteiger partial charge in [-0.15, -0.1) is 0 Å². The summed E-state index contributed by atoms with van der Waals surface area (Å²) in [5.74, 6) is 0.194. The standard InChI is InChI=1S/C24H31ClN2/c1-5-21(27(4)17-20-11-7-6-8-12-20)15-16-24(18-26,19(2)3)22-13-9-10-14-23(22)25/h6-14,19,21H,5,15-17H2,1-4H3. The highest BCUT2D eigenvalue weighted by Crippen LogP contribution is 2.40. The van der Waals surface area contributed by atoms with E-state index in [2.05, 4.69) is 63.1 Å². The Kier molecular flexibility index (Phi) is 7.90. The van der Waals surface area contributed by atoms with Crippen molar-refractivity contribution >= 4 is 11.6 Å². The van der Waals surface area contributed by atoms with Crippen molar-refractivity contribution in [3.63, 3.8) is 0 Å². The highest BCUT2D eigenvalue weighted by molar-refractivity contribution is 6.31. The van der Waals surface area contributed by atoms with Crippen molar-refractivity contribution in [2.45, 2.75) is 58.0 Å². The molecule has 0 fully saturated rings. The van der Waals surface area contributed by atoms with E-state index in [1.165, 1.54) is 5.56 Å². The molecule has 0 aromatic heterocycles. The molecule has 0 aliphatic carbocycles. The van der Waals surface area contributed by atoms with Crippen molar-refractivity contribution in [2.75, 3.05) is 7.05 Å². The fraction of sp³-hybridized carbons (Fsp3) is 0.458. The summed E-state index contributed by atoms with van der Waals surface area (Å²) in [6, 6.07) is 21.4. The van der Waals surface area contributed by atoms with Gasteiger partial charge in [0.15, 0.2) is 0 Å². The van der Waals surface area contributed by atoms with Gasteiger partial charge in [-0.1, -0.05) is 80.9 Å². The maximum atomic E-state index is 10.2. The Bertz CT molecular complexity index is 750. The first-order valence-corrected chi connectivity index (χ1v) is 10.2. The second kappa shape index (κ2) is 9.93. The first-order valence-electron chi connectivity index (χ1n) is 9.85. The van der Waals surface area contributed by atoms with Crippen molar-refractivity contribution in [2.24, 2.45) is 5.92 Å². The molecule has 0 saturated carbocycles. The number of halogens is 1. The smallest absolute Gasteiger partial charge is 0.0860 e. The van der Waals surface area contributed by atoms with Crippen LogP contribution in [0.4, 0.5) is 0 Å². The predicted octanol–water partition coefficient (Wildman–Crippen LogP) is 6.45. The molecule has 2 rings (SSSR count). The molecule has 27 heavy (non-hydrogen) atoms. The van der Waals surface area contributed by atoms with Crippen LogP contribution in [-0.2, 0) is 12.0 Å². The lowest BCUT2D eigenvalue weighted by Crippen LogP contribution is -2.36. The third-order valence-electron chi connectivity index (χ3n) is 5.78. The summed E-state index contributed by atoms with van der Waals surface area (Å²) in [6.45, 7) is 7.40. The van der Waals surface area contributed by atoms with Crippen molar-refractivity contribution in [3.8, 4) is 6.07 Å². The Morgan fingerprint density at radius 3 is 2.26 bits per heavy atom. The molecule has 0 bridgehead atoms. The summed E-state index contributed by atoms with van der Waals surface area (Å²) < 4.78 is 0. The second-order valence-corrected chi connectivity index (χ2v) is 8.13. The van der Waals surface area contributed by atoms with Gasteiger partial charge >= 0.3 is 0 Å². The SMILES string of the molecule is CCC(CCC(C#N)(c1ccccc1Cl)C(C)C)N(C)Cc1ccccc1. The molecule has 0 N–H and O–H groups in total. The van der Waals surface area contributed by atoms with Gasteiger partial charge in [0.1, 0.15) is 0 Å². The van der Waals surface area contributed by atoms with E-state index in [0.29, 0.717) is 11.1 Å². The number of hydrogen-bond donors (Lipinski definition) is 0. The Morgan fingerprint density at radius 2 is 1.70 bits per heavy atom. The van der Waals surface area contributed by atoms with Crippen LogP contribution < -0.4 is 0 Å². The van der Waals surface area contributed by atoms with Crippen LogP contribution in [0.1, 0.15) is 51.2 Å². The fourth-order valence-electron chi connectivity index (χ4n) is 3.93. The van der Waals surface area contributed by atoms with Crippen LogP contribution in [-0.4, -0.2) is 18.0 Å². The quantitative estimate of drug-likeness (QED) is 0.498. The molecule has 0 saturated heterocycles. The molecule has 2 unspecified atom stereocenters. The molecule has 0 heterocycles. The number of hydrogen-bond acceptors (Lipinski definition) is 2. The van der Waals surface area contributed by atoms with Crippen LogP contribution in [0, 0.1) is 17.2 Å². The minimum absolute atomic E-state index is 0.194. The van der Waals surface area contributed by atoms with E-state index >= 15 is 0 Å². The predicted molar refractivity (Wildman–Crippen MR) is 115 cm³/mol. The minimum atomic E-state index is -0.556. The lowest BCUT2D eigenvalue weighted by molar-refractivity contribution is 0.197. The summed E-state index contributed by atoms with van der Waals surface area (Å²) in [7, 11) is 2.18. The van der Waals surface area contributed by atoms with Crippen LogP contribution in [0.15, 0.2) is 54.6 Å². The van der Waals surface area contributed by atoms with Gasteiger partial charge in [0.25, 0.3) is 0 Å². The molecule has 144 valence electrons. The van der Waals surface area contributed by atoms with E-state index < -0.39 is 5.41 Å². The van der Waals surface area contributed by atoms with Gasteiger partial charge in [-0.05, 0) is 49.4 Å². The third-order valence-corrected chi connectivity index (χ3v) is 6.11. The van der Waals surface area contributed by atoms with Crippen molar-refractivity contribution in [3.05, 3.63) is 70.7 Å². The lowest BCUT2D eigenvalue weighted by Gasteiger charge is -2.35. The van der Waals surface area contributed by atoms with E-state index in [1.54, 1.807) is 0 Å². The molecule has 3 heteroatoms. The molecular weight excluding hydrogens is 352 g/mol. The molecule has 2 aromatic rings. The van der Waals surface area contributed by atoms with Gasteiger partial charge in [-0.3, -0.25) is 4.90 Å². The van der Waals surface area contributed by atoms with E-state index in [0.717, 1.165) is 31.4 Å². The highest BCUT2D eigenvalue weighted by atomic mass is 35.5. The van der Waals surface area contributed by atoms with Crippen molar-refractivity contribution in [1.82, 2.24) is 4.90 Å². The molecule has 0 aliphatic rings. The number of nitrogens with zero attached hydrogens (tertiary/aromatic N) is 2. The zero-order valence-electron chi connectivity index (χ0n) is 17.0. The maximum Gasteiger partial charge on any atom is 0.0860 e. The maximum absolute atomic E-state index is 10.2. The first-order chi connectivity index (χ1) is 12.9. The summed E-state index contributed by atoms with van der Waals surface area (Å²) in [6.07, 6.45) is 2.84. The summed E-state index contributed by atoms with van der Waals surface area (Å²) >= 11 is 6.49. The van der Waals surface area contributed by atoms with Gasteiger partial charge < -0.3 is 0 Å². The van der Waals surface area contributed by atoms with E-state index in [1.807, 2.05) is 30.3 Å². The van der Waals surface area contributed by atoms with E-state index in [9.17, 15) is 5.26 Å². The molecule has 0 radical (unpaired) electrons. The van der Waals surface area contributed by atoms with Gasteiger partial charge in [0.05, 0.1) is 11.5 Å². The lowest BCUT2D eigenvalue weighted by atomic mass is 9.69. The Labute approximate surface area is 169 Å². The molecule has 0 spiro atoms. The largest absolute Gasteiger partial charge is 0.299 e. The van der Waals surface area contributed by atoms with Gasteiger partial charge in [-0.2, -0.15) is 5.26 Å². The fourth-order valence-corrected chi connectivity index (χ4v) is 4.24. The Hall–Kier alpha value is -1.82. The minimum Gasteiger partial charge on any atom is -0.299 e. The second-order valence-electron chi connectivity index (χ2n) is 7.72. The van der Waals surface area contributed by atoms with Crippen LogP contribution in [0.3, 0.4) is 0 Å². The van der Waals surface area contributed by atoms with Gasteiger partial charge in [-0.25, -0.2) is 0 Å². The van der Waals surface area contributed by atoms with E-state index in [-0.39, 0.29) is 5.92 Å². The monoisotopic (exact) mass is 382 g/mol. The van der Waals surface area contributed by atoms with Crippen LogP contribution in [0.2, 0.25) is 5.02 Å². The molecule has 2 atom stereocenters. The highest BCUT2D eigenvalue weighted by Gasteiger charge is 2.38. The van der Waals surface area contributed by atoms with Crippen LogP contribution >= 0.6 is 11.6 Å². The first kappa shape index (κ1) is 21.5. The zero-order chi connectivity index (χ0) is 19.9. The number of nitriles is 1. The average Bonchev–Trinajstić information content (AvgIpc) is 2.67. The van der Waals surface area contributed by atoms with Crippen molar-refractivity contribution in [1.29, 1.82) is 5.26 Å². The topological polar surface area (TPSA) is 27.0 Å². The van der Waals surface area contributed by atoms with Crippen LogP contribution in [0.25, 0.3) is 0 Å². The molecule has 2 aromatic carbocycles. The summed E-state index contributed by atoms with van der Waals surface area (Å²) in [5.41, 5.74) is 1.73. The normalized spacial score (nSPS) is 14.7. The zero-order valence-corrected chi connectivity index (χ0v) is 17.7. The Balaban J connectivity index is 2.18. The third kappa shape index (κ3) is 5.12. The van der Waals surface area contributed by atoms with Crippen molar-refractivity contribution < 1.29 is 0 Å². The number of benzene rings is 2. The van der Waals surface area contributed by atoms with Crippen LogP contribution in [0.5, 0.6) is 0 Å². The summed E-state index contributed by atoms with van der Waals surface area (Å²) in [4.78, 5) is 2.41. The molecule has 0 aliphatic heterocycles. The molecule has 2 nitrogen and oxygen atoms in total. The summed E-state index contributed by atoms with van der Waals surface area (Å²) in [5, 5.41) is 10.9. The average molecular weight is 383 g/mol. The molecular formula is C24H31ClN2. The molecule has 0 amide bonds. The van der Waals surface area contributed by atoms with E-state index in [4.69, 9.17) is 11.6 Å². The van der Waals surface area contributed by atoms with Gasteiger partial charge in [0.2, 0.25) is 0 Å².